The summed E-state index contributed by atoms with van der Waals surface area (Å²) in [6.45, 7) is 2.20. The summed E-state index contributed by atoms with van der Waals surface area (Å²) in [5, 5.41) is 3.13. The molecular weight excluding hydrogens is 428 g/mol. The van der Waals surface area contributed by atoms with Crippen molar-refractivity contribution in [1.82, 2.24) is 15.0 Å². The van der Waals surface area contributed by atoms with Gasteiger partial charge in [-0.3, -0.25) is 0 Å². The zero-order chi connectivity index (χ0) is 21.0. The topological polar surface area (TPSA) is 59.9 Å². The lowest BCUT2D eigenvalue weighted by Gasteiger charge is -2.11. The van der Waals surface area contributed by atoms with E-state index in [4.69, 9.17) is 27.9 Å². The van der Waals surface area contributed by atoms with Crippen molar-refractivity contribution in [2.45, 2.75) is 25.0 Å². The number of nitrogens with zero attached hydrogens (tertiary/aromatic N) is 3. The molecule has 0 fully saturated rings. The zero-order valence-electron chi connectivity index (χ0n) is 15.0. The molecule has 29 heavy (non-hydrogen) atoms. The second-order valence-corrected chi connectivity index (χ2v) is 7.05. The van der Waals surface area contributed by atoms with E-state index in [1.807, 2.05) is 0 Å². The van der Waals surface area contributed by atoms with E-state index in [0.29, 0.717) is 28.8 Å². The average Bonchev–Trinajstić information content (AvgIpc) is 2.68. The molecule has 1 unspecified atom stereocenters. The molecule has 10 heteroatoms. The SMILES string of the molecule is CC(Cl)c1ncnc(NCc2ccc(Oc3ccc(C(F)(F)F)cn3)cc2)c1Cl. The number of hydrogen-bond acceptors (Lipinski definition) is 5. The van der Waals surface area contributed by atoms with Gasteiger partial charge < -0.3 is 10.1 Å². The maximum absolute atomic E-state index is 12.6. The van der Waals surface area contributed by atoms with Crippen LogP contribution in [0, 0.1) is 0 Å². The molecule has 0 aliphatic carbocycles. The number of anilines is 1. The van der Waals surface area contributed by atoms with Crippen LogP contribution in [0.15, 0.2) is 48.9 Å². The Morgan fingerprint density at radius 2 is 1.79 bits per heavy atom. The molecule has 3 rings (SSSR count). The number of rotatable bonds is 6. The maximum atomic E-state index is 12.6. The van der Waals surface area contributed by atoms with Gasteiger partial charge in [0.2, 0.25) is 5.88 Å². The van der Waals surface area contributed by atoms with Crippen LogP contribution in [0.4, 0.5) is 19.0 Å². The van der Waals surface area contributed by atoms with E-state index in [1.54, 1.807) is 31.2 Å². The van der Waals surface area contributed by atoms with Gasteiger partial charge in [0.25, 0.3) is 0 Å². The molecular formula is C19H15Cl2F3N4O. The molecule has 1 atom stereocenters. The molecule has 3 aromatic rings. The Morgan fingerprint density at radius 3 is 2.38 bits per heavy atom. The van der Waals surface area contributed by atoms with Gasteiger partial charge in [0, 0.05) is 18.8 Å². The monoisotopic (exact) mass is 442 g/mol. The summed E-state index contributed by atoms with van der Waals surface area (Å²) in [6.07, 6.45) is -2.32. The van der Waals surface area contributed by atoms with Crippen molar-refractivity contribution >= 4 is 29.0 Å². The van der Waals surface area contributed by atoms with E-state index >= 15 is 0 Å². The fraction of sp³-hybridized carbons (Fsp3) is 0.211. The summed E-state index contributed by atoms with van der Waals surface area (Å²) in [5.74, 6) is 0.983. The lowest BCUT2D eigenvalue weighted by atomic mass is 10.2. The Kier molecular flexibility index (Phi) is 6.44. The van der Waals surface area contributed by atoms with Crippen molar-refractivity contribution in [2.24, 2.45) is 0 Å². The van der Waals surface area contributed by atoms with Crippen LogP contribution >= 0.6 is 23.2 Å². The highest BCUT2D eigenvalue weighted by Gasteiger charge is 2.30. The van der Waals surface area contributed by atoms with Crippen LogP contribution in [0.3, 0.4) is 0 Å². The molecule has 2 aromatic heterocycles. The number of alkyl halides is 4. The standard InChI is InChI=1S/C19H15Cl2F3N4O/c1-11(20)17-16(21)18(28-10-27-17)26-8-12-2-5-14(6-3-12)29-15-7-4-13(9-25-15)19(22,23)24/h2-7,9-11H,8H2,1H3,(H,26,27,28). The summed E-state index contributed by atoms with van der Waals surface area (Å²) in [4.78, 5) is 11.8. The predicted octanol–water partition coefficient (Wildman–Crippen LogP) is 6.25. The van der Waals surface area contributed by atoms with Crippen molar-refractivity contribution in [3.8, 4) is 11.6 Å². The van der Waals surface area contributed by atoms with Gasteiger partial charge in [-0.1, -0.05) is 23.7 Å². The fourth-order valence-corrected chi connectivity index (χ4v) is 2.92. The minimum Gasteiger partial charge on any atom is -0.439 e. The Labute approximate surface area is 174 Å². The van der Waals surface area contributed by atoms with Gasteiger partial charge in [-0.25, -0.2) is 15.0 Å². The lowest BCUT2D eigenvalue weighted by molar-refractivity contribution is -0.137. The largest absolute Gasteiger partial charge is 0.439 e. The van der Waals surface area contributed by atoms with Crippen LogP contribution < -0.4 is 10.1 Å². The molecule has 0 saturated carbocycles. The Bertz CT molecular complexity index is 965. The fourth-order valence-electron chi connectivity index (χ4n) is 2.37. The summed E-state index contributed by atoms with van der Waals surface area (Å²) in [6, 6.07) is 9.06. The second kappa shape index (κ2) is 8.84. The molecule has 0 bridgehead atoms. The smallest absolute Gasteiger partial charge is 0.417 e. The first-order valence-corrected chi connectivity index (χ1v) is 9.24. The molecule has 5 nitrogen and oxygen atoms in total. The van der Waals surface area contributed by atoms with Crippen molar-refractivity contribution < 1.29 is 17.9 Å². The van der Waals surface area contributed by atoms with Gasteiger partial charge in [-0.05, 0) is 30.7 Å². The van der Waals surface area contributed by atoms with Crippen molar-refractivity contribution in [3.63, 3.8) is 0 Å². The minimum absolute atomic E-state index is 0.0689. The van der Waals surface area contributed by atoms with E-state index in [-0.39, 0.29) is 11.3 Å². The maximum Gasteiger partial charge on any atom is 0.417 e. The first-order chi connectivity index (χ1) is 13.7. The molecule has 0 aliphatic rings. The van der Waals surface area contributed by atoms with E-state index in [9.17, 15) is 13.2 Å². The first-order valence-electron chi connectivity index (χ1n) is 8.42. The molecule has 0 spiro atoms. The van der Waals surface area contributed by atoms with Crippen molar-refractivity contribution in [3.05, 3.63) is 70.8 Å². The van der Waals surface area contributed by atoms with Gasteiger partial charge in [0.15, 0.2) is 0 Å². The molecule has 0 aliphatic heterocycles. The number of aromatic nitrogens is 3. The number of ether oxygens (including phenoxy) is 1. The van der Waals surface area contributed by atoms with Gasteiger partial charge in [0.05, 0.1) is 16.6 Å². The summed E-state index contributed by atoms with van der Waals surface area (Å²) in [7, 11) is 0. The minimum atomic E-state index is -4.44. The molecule has 152 valence electrons. The quantitative estimate of drug-likeness (QED) is 0.457. The number of halogens is 5. The number of benzene rings is 1. The second-order valence-electron chi connectivity index (χ2n) is 6.02. The molecule has 0 saturated heterocycles. The number of hydrogen-bond donors (Lipinski definition) is 1. The molecule has 1 aromatic carbocycles. The van der Waals surface area contributed by atoms with Crippen molar-refractivity contribution in [2.75, 3.05) is 5.32 Å². The summed E-state index contributed by atoms with van der Waals surface area (Å²) >= 11 is 12.3. The number of pyridine rings is 1. The Hall–Kier alpha value is -2.58. The zero-order valence-corrected chi connectivity index (χ0v) is 16.6. The third-order valence-corrected chi connectivity index (χ3v) is 4.44. The average molecular weight is 443 g/mol. The highest BCUT2D eigenvalue weighted by atomic mass is 35.5. The Morgan fingerprint density at radius 1 is 1.07 bits per heavy atom. The van der Waals surface area contributed by atoms with Gasteiger partial charge >= 0.3 is 6.18 Å². The Balaban J connectivity index is 1.62. The number of nitrogens with one attached hydrogen (secondary N) is 1. The molecule has 0 amide bonds. The van der Waals surface area contributed by atoms with Gasteiger partial charge in [0.1, 0.15) is 22.9 Å². The highest BCUT2D eigenvalue weighted by Crippen LogP contribution is 2.31. The molecule has 0 radical (unpaired) electrons. The van der Waals surface area contributed by atoms with Crippen LogP contribution in [0.5, 0.6) is 11.6 Å². The molecule has 1 N–H and O–H groups in total. The third-order valence-electron chi connectivity index (χ3n) is 3.86. The van der Waals surface area contributed by atoms with E-state index in [2.05, 4.69) is 20.3 Å². The summed E-state index contributed by atoms with van der Waals surface area (Å²) in [5.41, 5.74) is 0.618. The van der Waals surface area contributed by atoms with Crippen LogP contribution in [0.2, 0.25) is 5.02 Å². The predicted molar refractivity (Wildman–Crippen MR) is 104 cm³/mol. The van der Waals surface area contributed by atoms with Crippen LogP contribution in [-0.2, 0) is 12.7 Å². The van der Waals surface area contributed by atoms with Crippen LogP contribution in [0.25, 0.3) is 0 Å². The van der Waals surface area contributed by atoms with Gasteiger partial charge in [-0.2, -0.15) is 13.2 Å². The first kappa shape index (κ1) is 21.1. The van der Waals surface area contributed by atoms with E-state index in [0.717, 1.165) is 17.8 Å². The lowest BCUT2D eigenvalue weighted by Crippen LogP contribution is -2.05. The normalized spacial score (nSPS) is 12.5. The van der Waals surface area contributed by atoms with Crippen LogP contribution in [-0.4, -0.2) is 15.0 Å². The van der Waals surface area contributed by atoms with E-state index in [1.165, 1.54) is 12.4 Å². The van der Waals surface area contributed by atoms with Crippen molar-refractivity contribution in [1.29, 1.82) is 0 Å². The van der Waals surface area contributed by atoms with E-state index < -0.39 is 11.7 Å². The van der Waals surface area contributed by atoms with Gasteiger partial charge in [-0.15, -0.1) is 11.6 Å². The highest BCUT2D eigenvalue weighted by molar-refractivity contribution is 6.34. The molecule has 2 heterocycles. The van der Waals surface area contributed by atoms with Crippen LogP contribution in [0.1, 0.15) is 29.1 Å². The summed E-state index contributed by atoms with van der Waals surface area (Å²) < 4.78 is 43.2. The third kappa shape index (κ3) is 5.48.